The van der Waals surface area contributed by atoms with Gasteiger partial charge >= 0.3 is 6.01 Å². The topological polar surface area (TPSA) is 51.2 Å². The van der Waals surface area contributed by atoms with Gasteiger partial charge in [-0.25, -0.2) is 4.39 Å². The van der Waals surface area contributed by atoms with E-state index in [9.17, 15) is 9.50 Å². The largest absolute Gasteiger partial charge is 0.507 e. The number of hydrogen-bond acceptors (Lipinski definition) is 3. The third kappa shape index (κ3) is 2.11. The molecule has 0 saturated carbocycles. The molecule has 0 aliphatic carbocycles. The molecule has 0 radical (unpaired) electrons. The number of fused-ring (bicyclic) bond motifs is 4. The highest BCUT2D eigenvalue weighted by molar-refractivity contribution is 6.09. The van der Waals surface area contributed by atoms with Crippen LogP contribution in [0.25, 0.3) is 38.9 Å². The van der Waals surface area contributed by atoms with Crippen LogP contribution in [0.5, 0.6) is 5.75 Å². The van der Waals surface area contributed by atoms with Gasteiger partial charge in [0.2, 0.25) is 0 Å². The maximum Gasteiger partial charge on any atom is 0.307 e. The molecule has 0 spiro atoms. The molecule has 1 N–H and O–H groups in total. The maximum absolute atomic E-state index is 14.8. The number of rotatable bonds is 2. The fraction of sp³-hybridized carbons (Fsp3) is 0.136. The molecular formula is C22H17FN2O2. The van der Waals surface area contributed by atoms with Crippen LogP contribution in [0.1, 0.15) is 18.1 Å². The molecule has 0 saturated heterocycles. The number of aromatic hydroxyl groups is 1. The summed E-state index contributed by atoms with van der Waals surface area (Å²) in [6, 6.07) is 14.8. The number of aromatic nitrogens is 2. The van der Waals surface area contributed by atoms with Crippen molar-refractivity contribution in [3.8, 4) is 11.8 Å². The first-order chi connectivity index (χ1) is 13.1. The SMILES string of the molecule is CCc1cc2oc(-n3c4ccccc4c4cccc(F)c43)nc2c(C)c1O. The molecule has 2 heterocycles. The Morgan fingerprint density at radius 3 is 2.70 bits per heavy atom. The van der Waals surface area contributed by atoms with Crippen LogP contribution in [0.15, 0.2) is 52.9 Å². The first-order valence-electron chi connectivity index (χ1n) is 8.90. The lowest BCUT2D eigenvalue weighted by Crippen LogP contribution is -1.95. The molecule has 5 rings (SSSR count). The highest BCUT2D eigenvalue weighted by atomic mass is 19.1. The van der Waals surface area contributed by atoms with Crippen molar-refractivity contribution < 1.29 is 13.9 Å². The molecule has 0 fully saturated rings. The molecule has 0 bridgehead atoms. The van der Waals surface area contributed by atoms with Crippen molar-refractivity contribution in [1.82, 2.24) is 9.55 Å². The number of nitrogens with zero attached hydrogens (tertiary/aromatic N) is 2. The number of oxazole rings is 1. The quantitative estimate of drug-likeness (QED) is 0.443. The molecule has 3 aromatic carbocycles. The molecule has 5 aromatic rings. The highest BCUT2D eigenvalue weighted by Crippen LogP contribution is 2.36. The Kier molecular flexibility index (Phi) is 3.28. The van der Waals surface area contributed by atoms with Gasteiger partial charge in [0.25, 0.3) is 0 Å². The van der Waals surface area contributed by atoms with Gasteiger partial charge in [0.15, 0.2) is 5.58 Å². The van der Waals surface area contributed by atoms with Gasteiger partial charge in [-0.05, 0) is 37.1 Å². The van der Waals surface area contributed by atoms with E-state index in [2.05, 4.69) is 4.98 Å². The Balaban J connectivity index is 1.92. The number of para-hydroxylation sites is 2. The average Bonchev–Trinajstić information content (AvgIpc) is 3.24. The van der Waals surface area contributed by atoms with E-state index in [0.29, 0.717) is 28.6 Å². The second-order valence-electron chi connectivity index (χ2n) is 6.69. The van der Waals surface area contributed by atoms with E-state index in [4.69, 9.17) is 4.42 Å². The molecule has 0 aliphatic rings. The molecule has 4 nitrogen and oxygen atoms in total. The van der Waals surface area contributed by atoms with E-state index in [1.165, 1.54) is 6.07 Å². The fourth-order valence-electron chi connectivity index (χ4n) is 3.81. The molecule has 2 aromatic heterocycles. The first-order valence-corrected chi connectivity index (χ1v) is 8.90. The Labute approximate surface area is 154 Å². The van der Waals surface area contributed by atoms with E-state index in [1.54, 1.807) is 16.7 Å². The summed E-state index contributed by atoms with van der Waals surface area (Å²) in [4.78, 5) is 4.60. The lowest BCUT2D eigenvalue weighted by Gasteiger charge is -2.04. The van der Waals surface area contributed by atoms with E-state index in [-0.39, 0.29) is 17.6 Å². The fourth-order valence-corrected chi connectivity index (χ4v) is 3.81. The van der Waals surface area contributed by atoms with Crippen LogP contribution in [0.4, 0.5) is 4.39 Å². The monoisotopic (exact) mass is 360 g/mol. The number of benzene rings is 3. The van der Waals surface area contributed by atoms with Gasteiger partial charge in [-0.1, -0.05) is 37.3 Å². The van der Waals surface area contributed by atoms with Crippen molar-refractivity contribution in [2.45, 2.75) is 20.3 Å². The minimum Gasteiger partial charge on any atom is -0.507 e. The Morgan fingerprint density at radius 1 is 1.11 bits per heavy atom. The second-order valence-corrected chi connectivity index (χ2v) is 6.69. The van der Waals surface area contributed by atoms with Gasteiger partial charge in [0.1, 0.15) is 17.1 Å². The molecule has 134 valence electrons. The van der Waals surface area contributed by atoms with Crippen LogP contribution in [0, 0.1) is 12.7 Å². The van der Waals surface area contributed by atoms with Gasteiger partial charge in [-0.3, -0.25) is 4.57 Å². The Hall–Kier alpha value is -3.34. The van der Waals surface area contributed by atoms with E-state index in [0.717, 1.165) is 21.9 Å². The minimum absolute atomic E-state index is 0.234. The predicted molar refractivity (Wildman–Crippen MR) is 104 cm³/mol. The van der Waals surface area contributed by atoms with Crippen LogP contribution in [0.3, 0.4) is 0 Å². The van der Waals surface area contributed by atoms with Crippen LogP contribution >= 0.6 is 0 Å². The first kappa shape index (κ1) is 15.9. The van der Waals surface area contributed by atoms with Crippen molar-refractivity contribution in [3.05, 3.63) is 65.5 Å². The van der Waals surface area contributed by atoms with Crippen molar-refractivity contribution in [2.75, 3.05) is 0 Å². The molecule has 0 atom stereocenters. The number of aryl methyl sites for hydroxylation is 2. The second kappa shape index (κ2) is 5.58. The summed E-state index contributed by atoms with van der Waals surface area (Å²) >= 11 is 0. The number of phenols is 1. The van der Waals surface area contributed by atoms with Crippen molar-refractivity contribution in [3.63, 3.8) is 0 Å². The van der Waals surface area contributed by atoms with Gasteiger partial charge in [-0.2, -0.15) is 4.98 Å². The van der Waals surface area contributed by atoms with Gasteiger partial charge < -0.3 is 9.52 Å². The standard InChI is InChI=1S/C22H17FN2O2/c1-3-13-11-18-19(12(2)21(13)26)24-22(27-18)25-17-10-5-4-7-14(17)15-8-6-9-16(23)20(15)25/h4-11,26H,3H2,1-2H3. The van der Waals surface area contributed by atoms with Crippen molar-refractivity contribution in [2.24, 2.45) is 0 Å². The summed E-state index contributed by atoms with van der Waals surface area (Å²) in [5, 5.41) is 12.1. The predicted octanol–water partition coefficient (Wildman–Crippen LogP) is 5.64. The third-order valence-corrected chi connectivity index (χ3v) is 5.18. The van der Waals surface area contributed by atoms with Crippen LogP contribution in [-0.4, -0.2) is 14.7 Å². The zero-order chi connectivity index (χ0) is 18.7. The third-order valence-electron chi connectivity index (χ3n) is 5.18. The van der Waals surface area contributed by atoms with Crippen molar-refractivity contribution in [1.29, 1.82) is 0 Å². The molecule has 0 aliphatic heterocycles. The normalized spacial score (nSPS) is 11.8. The molecule has 5 heteroatoms. The van der Waals surface area contributed by atoms with Crippen LogP contribution in [-0.2, 0) is 6.42 Å². The summed E-state index contributed by atoms with van der Waals surface area (Å²) in [6.07, 6.45) is 0.683. The Bertz CT molecular complexity index is 1350. The summed E-state index contributed by atoms with van der Waals surface area (Å²) in [7, 11) is 0. The van der Waals surface area contributed by atoms with Crippen molar-refractivity contribution >= 4 is 32.9 Å². The Morgan fingerprint density at radius 2 is 1.89 bits per heavy atom. The molecule has 0 amide bonds. The van der Waals surface area contributed by atoms with E-state index >= 15 is 0 Å². The highest BCUT2D eigenvalue weighted by Gasteiger charge is 2.20. The van der Waals surface area contributed by atoms with Crippen LogP contribution in [0.2, 0.25) is 0 Å². The number of phenolic OH excluding ortho intramolecular Hbond substituents is 1. The van der Waals surface area contributed by atoms with E-state index < -0.39 is 0 Å². The zero-order valence-corrected chi connectivity index (χ0v) is 15.0. The lowest BCUT2D eigenvalue weighted by molar-refractivity contribution is 0.465. The average molecular weight is 360 g/mol. The summed E-state index contributed by atoms with van der Waals surface area (Å²) in [6.45, 7) is 3.79. The number of halogens is 1. The maximum atomic E-state index is 14.8. The molecule has 27 heavy (non-hydrogen) atoms. The van der Waals surface area contributed by atoms with Gasteiger partial charge in [0.05, 0.1) is 11.0 Å². The van der Waals surface area contributed by atoms with Gasteiger partial charge in [0, 0.05) is 16.3 Å². The summed E-state index contributed by atoms with van der Waals surface area (Å²) in [5.41, 5.74) is 3.89. The van der Waals surface area contributed by atoms with Gasteiger partial charge in [-0.15, -0.1) is 0 Å². The lowest BCUT2D eigenvalue weighted by atomic mass is 10.1. The smallest absolute Gasteiger partial charge is 0.307 e. The van der Waals surface area contributed by atoms with E-state index in [1.807, 2.05) is 44.2 Å². The summed E-state index contributed by atoms with van der Waals surface area (Å²) < 4.78 is 22.5. The van der Waals surface area contributed by atoms with Crippen LogP contribution < -0.4 is 0 Å². The minimum atomic E-state index is -0.334. The number of hydrogen-bond donors (Lipinski definition) is 1. The zero-order valence-electron chi connectivity index (χ0n) is 15.0. The molecule has 0 unspecified atom stereocenters. The summed E-state index contributed by atoms with van der Waals surface area (Å²) in [5.74, 6) is -0.0991. The molecular weight excluding hydrogens is 343 g/mol.